The van der Waals surface area contributed by atoms with Crippen LogP contribution in [0.2, 0.25) is 0 Å². The first-order valence-electron chi connectivity index (χ1n) is 4.01. The summed E-state index contributed by atoms with van der Waals surface area (Å²) in [6.45, 7) is 2.05. The molecule has 4 nitrogen and oxygen atoms in total. The second-order valence-corrected chi connectivity index (χ2v) is 3.65. The summed E-state index contributed by atoms with van der Waals surface area (Å²) in [4.78, 5) is 5.38. The van der Waals surface area contributed by atoms with Gasteiger partial charge in [0.05, 0.1) is 4.90 Å². The zero-order valence-corrected chi connectivity index (χ0v) is 8.47. The first kappa shape index (κ1) is 10.1. The minimum absolute atomic E-state index is 0.0431. The van der Waals surface area contributed by atoms with E-state index in [1.165, 1.54) is 24.9 Å². The first-order chi connectivity index (χ1) is 6.20. The van der Waals surface area contributed by atoms with Gasteiger partial charge in [-0.15, -0.1) is 16.5 Å². The molecule has 74 valence electrons. The fourth-order valence-corrected chi connectivity index (χ4v) is 1.77. The average Bonchev–Trinajstić information content (AvgIpc) is 2.38. The van der Waals surface area contributed by atoms with Crippen molar-refractivity contribution in [3.8, 4) is 11.8 Å². The van der Waals surface area contributed by atoms with E-state index in [9.17, 15) is 10.2 Å². The normalized spacial score (nSPS) is 10.3. The third-order valence-corrected chi connectivity index (χ3v) is 2.75. The molecule has 0 aliphatic carbocycles. The van der Waals surface area contributed by atoms with Gasteiger partial charge in [0.25, 0.3) is 0 Å². The molecule has 0 spiro atoms. The van der Waals surface area contributed by atoms with Gasteiger partial charge in [0.1, 0.15) is 7.11 Å². The lowest BCUT2D eigenvalue weighted by Gasteiger charge is -2.02. The van der Waals surface area contributed by atoms with E-state index < -0.39 is 0 Å². The van der Waals surface area contributed by atoms with E-state index in [0.29, 0.717) is 4.90 Å². The topological polar surface area (TPSA) is 54.6 Å². The largest absolute Gasteiger partial charge is 0.492 e. The molecule has 0 aliphatic rings. The van der Waals surface area contributed by atoms with Crippen LogP contribution in [0.15, 0.2) is 11.0 Å². The molecule has 0 saturated heterocycles. The molecule has 0 atom stereocenters. The Hall–Kier alpha value is -0.970. The van der Waals surface area contributed by atoms with E-state index in [1.54, 1.807) is 0 Å². The van der Waals surface area contributed by atoms with E-state index in [1.807, 2.05) is 0 Å². The Morgan fingerprint density at radius 2 is 2.23 bits per heavy atom. The molecule has 5 heteroatoms. The van der Waals surface area contributed by atoms with Crippen molar-refractivity contribution in [2.75, 3.05) is 12.9 Å². The first-order valence-corrected chi connectivity index (χ1v) is 5.00. The molecule has 0 unspecified atom stereocenters. The highest BCUT2D eigenvalue weighted by Gasteiger charge is 2.13. The van der Waals surface area contributed by atoms with Gasteiger partial charge in [-0.3, -0.25) is 0 Å². The lowest BCUT2D eigenvalue weighted by molar-refractivity contribution is 0.118. The fraction of sp³-hybridized carbons (Fsp3) is 0.500. The lowest BCUT2D eigenvalue weighted by Crippen LogP contribution is -2.03. The molecule has 0 bridgehead atoms. The summed E-state index contributed by atoms with van der Waals surface area (Å²) >= 11 is 1.49. The zero-order chi connectivity index (χ0) is 9.84. The Morgan fingerprint density at radius 1 is 1.54 bits per heavy atom. The maximum atomic E-state index is 9.49. The van der Waals surface area contributed by atoms with Gasteiger partial charge in [0.2, 0.25) is 11.8 Å². The highest BCUT2D eigenvalue weighted by Crippen LogP contribution is 2.34. The van der Waals surface area contributed by atoms with Crippen LogP contribution < -0.4 is 4.84 Å². The van der Waals surface area contributed by atoms with Gasteiger partial charge in [0, 0.05) is 6.07 Å². The van der Waals surface area contributed by atoms with Crippen LogP contribution in [-0.4, -0.2) is 27.8 Å². The van der Waals surface area contributed by atoms with Crippen molar-refractivity contribution < 1.29 is 15.1 Å². The third kappa shape index (κ3) is 2.03. The SMILES string of the molecule is CCCSc1cc(O)n(OC)c1O. The molecule has 1 heterocycles. The molecule has 1 aromatic heterocycles. The minimum Gasteiger partial charge on any atom is -0.492 e. The zero-order valence-electron chi connectivity index (χ0n) is 7.65. The summed E-state index contributed by atoms with van der Waals surface area (Å²) < 4.78 is 0.984. The highest BCUT2D eigenvalue weighted by atomic mass is 32.2. The van der Waals surface area contributed by atoms with E-state index in [0.717, 1.165) is 16.9 Å². The van der Waals surface area contributed by atoms with Gasteiger partial charge in [0.15, 0.2) is 0 Å². The number of hydrogen-bond acceptors (Lipinski definition) is 4. The average molecular weight is 203 g/mol. The minimum atomic E-state index is -0.0846. The molecule has 0 saturated carbocycles. The Bertz CT molecular complexity index is 285. The van der Waals surface area contributed by atoms with Crippen LogP contribution in [0.25, 0.3) is 0 Å². The van der Waals surface area contributed by atoms with Crippen LogP contribution in [-0.2, 0) is 0 Å². The quantitative estimate of drug-likeness (QED) is 0.727. The maximum absolute atomic E-state index is 9.49. The summed E-state index contributed by atoms with van der Waals surface area (Å²) in [5, 5.41) is 18.8. The number of aromatic nitrogens is 1. The smallest absolute Gasteiger partial charge is 0.243 e. The van der Waals surface area contributed by atoms with Crippen LogP contribution in [0.5, 0.6) is 11.8 Å². The Kier molecular flexibility index (Phi) is 3.36. The molecule has 0 aliphatic heterocycles. The van der Waals surface area contributed by atoms with E-state index in [2.05, 4.69) is 6.92 Å². The van der Waals surface area contributed by atoms with Crippen LogP contribution in [0, 0.1) is 0 Å². The summed E-state index contributed by atoms with van der Waals surface area (Å²) in [6, 6.07) is 1.49. The van der Waals surface area contributed by atoms with Gasteiger partial charge >= 0.3 is 0 Å². The van der Waals surface area contributed by atoms with Crippen LogP contribution >= 0.6 is 11.8 Å². The lowest BCUT2D eigenvalue weighted by atomic mass is 10.6. The van der Waals surface area contributed by atoms with Gasteiger partial charge in [-0.25, -0.2) is 0 Å². The van der Waals surface area contributed by atoms with Crippen molar-refractivity contribution >= 4 is 11.8 Å². The molecular formula is C8H13NO3S. The van der Waals surface area contributed by atoms with Gasteiger partial charge in [-0.1, -0.05) is 6.92 Å². The van der Waals surface area contributed by atoms with Crippen LogP contribution in [0.3, 0.4) is 0 Å². The Morgan fingerprint density at radius 3 is 2.69 bits per heavy atom. The number of hydrogen-bond donors (Lipinski definition) is 2. The monoisotopic (exact) mass is 203 g/mol. The van der Waals surface area contributed by atoms with Gasteiger partial charge < -0.3 is 15.1 Å². The molecule has 0 radical (unpaired) electrons. The van der Waals surface area contributed by atoms with Crippen molar-refractivity contribution in [2.45, 2.75) is 18.2 Å². The van der Waals surface area contributed by atoms with Crippen molar-refractivity contribution in [2.24, 2.45) is 0 Å². The molecule has 2 N–H and O–H groups in total. The van der Waals surface area contributed by atoms with Crippen molar-refractivity contribution in [1.29, 1.82) is 0 Å². The fourth-order valence-electron chi connectivity index (χ4n) is 0.947. The number of aromatic hydroxyl groups is 2. The van der Waals surface area contributed by atoms with E-state index in [4.69, 9.17) is 4.84 Å². The van der Waals surface area contributed by atoms with Crippen molar-refractivity contribution in [3.63, 3.8) is 0 Å². The molecule has 13 heavy (non-hydrogen) atoms. The number of thioether (sulfide) groups is 1. The molecular weight excluding hydrogens is 190 g/mol. The molecule has 0 amide bonds. The molecule has 0 fully saturated rings. The summed E-state index contributed by atoms with van der Waals surface area (Å²) in [7, 11) is 1.38. The highest BCUT2D eigenvalue weighted by molar-refractivity contribution is 7.99. The number of rotatable bonds is 4. The van der Waals surface area contributed by atoms with E-state index >= 15 is 0 Å². The van der Waals surface area contributed by atoms with Crippen molar-refractivity contribution in [1.82, 2.24) is 4.73 Å². The Balaban J connectivity index is 2.83. The molecule has 0 aromatic carbocycles. The van der Waals surface area contributed by atoms with Crippen molar-refractivity contribution in [3.05, 3.63) is 6.07 Å². The molecule has 1 rings (SSSR count). The molecule has 1 aromatic rings. The second-order valence-electron chi connectivity index (χ2n) is 2.52. The number of nitrogens with zero attached hydrogens (tertiary/aromatic N) is 1. The predicted octanol–water partition coefficient (Wildman–Crippen LogP) is 1.46. The standard InChI is InChI=1S/C8H13NO3S/c1-3-4-13-6-5-7(10)9(12-2)8(6)11/h5,10-11H,3-4H2,1-2H3. The van der Waals surface area contributed by atoms with Crippen LogP contribution in [0.4, 0.5) is 0 Å². The summed E-state index contributed by atoms with van der Waals surface area (Å²) in [6.07, 6.45) is 1.02. The Labute approximate surface area is 81.1 Å². The van der Waals surface area contributed by atoms with Gasteiger partial charge in [-0.05, 0) is 12.2 Å². The second kappa shape index (κ2) is 4.32. The van der Waals surface area contributed by atoms with Gasteiger partial charge in [-0.2, -0.15) is 0 Å². The maximum Gasteiger partial charge on any atom is 0.243 e. The summed E-state index contributed by atoms with van der Waals surface area (Å²) in [5.74, 6) is 0.776. The van der Waals surface area contributed by atoms with E-state index in [-0.39, 0.29) is 11.8 Å². The third-order valence-electron chi connectivity index (χ3n) is 1.53. The predicted molar refractivity (Wildman–Crippen MR) is 51.3 cm³/mol. The van der Waals surface area contributed by atoms with Crippen LogP contribution in [0.1, 0.15) is 13.3 Å². The summed E-state index contributed by atoms with van der Waals surface area (Å²) in [5.41, 5.74) is 0.